The van der Waals surface area contributed by atoms with Crippen molar-refractivity contribution in [2.45, 2.75) is 32.5 Å². The minimum Gasteiger partial charge on any atom is -0.457 e. The second-order valence-corrected chi connectivity index (χ2v) is 7.33. The monoisotopic (exact) mass is 430 g/mol. The van der Waals surface area contributed by atoms with Crippen LogP contribution in [0.4, 0.5) is 13.2 Å². The van der Waals surface area contributed by atoms with Gasteiger partial charge in [-0.3, -0.25) is 4.79 Å². The van der Waals surface area contributed by atoms with Crippen molar-refractivity contribution < 1.29 is 22.7 Å². The van der Waals surface area contributed by atoms with Gasteiger partial charge in [0, 0.05) is 17.0 Å². The molecule has 2 N–H and O–H groups in total. The third-order valence-corrected chi connectivity index (χ3v) is 4.89. The first-order chi connectivity index (χ1) is 14.8. The highest BCUT2D eigenvalue weighted by Gasteiger charge is 2.30. The number of amides is 1. The van der Waals surface area contributed by atoms with Crippen molar-refractivity contribution in [3.8, 4) is 11.5 Å². The van der Waals surface area contributed by atoms with Crippen molar-refractivity contribution >= 4 is 16.7 Å². The summed E-state index contributed by atoms with van der Waals surface area (Å²) in [6.45, 7) is 5.72. The molecule has 3 rings (SSSR count). The van der Waals surface area contributed by atoms with Gasteiger partial charge in [-0.05, 0) is 80.4 Å². The van der Waals surface area contributed by atoms with E-state index >= 15 is 0 Å². The summed E-state index contributed by atoms with van der Waals surface area (Å²) in [5.41, 5.74) is -0.192. The molecule has 0 aliphatic rings. The molecular weight excluding hydrogens is 405 g/mol. The maximum atomic E-state index is 12.7. The number of rotatable bonds is 8. The third-order valence-electron chi connectivity index (χ3n) is 4.89. The summed E-state index contributed by atoms with van der Waals surface area (Å²) in [4.78, 5) is 12.6. The van der Waals surface area contributed by atoms with Gasteiger partial charge < -0.3 is 15.4 Å². The normalized spacial score (nSPS) is 12.5. The fourth-order valence-corrected chi connectivity index (χ4v) is 3.20. The molecule has 0 saturated heterocycles. The number of hydrogen-bond acceptors (Lipinski definition) is 3. The van der Waals surface area contributed by atoms with E-state index in [0.29, 0.717) is 17.1 Å². The number of benzene rings is 3. The van der Waals surface area contributed by atoms with E-state index in [9.17, 15) is 18.0 Å². The second kappa shape index (κ2) is 9.83. The van der Waals surface area contributed by atoms with Crippen LogP contribution in [0.1, 0.15) is 36.2 Å². The van der Waals surface area contributed by atoms with Crippen LogP contribution < -0.4 is 15.4 Å². The topological polar surface area (TPSA) is 50.4 Å². The number of ether oxygens (including phenoxy) is 1. The van der Waals surface area contributed by atoms with Crippen LogP contribution in [0.15, 0.2) is 60.7 Å². The zero-order valence-corrected chi connectivity index (χ0v) is 17.4. The van der Waals surface area contributed by atoms with Crippen molar-refractivity contribution in [3.63, 3.8) is 0 Å². The van der Waals surface area contributed by atoms with Crippen molar-refractivity contribution in [2.24, 2.45) is 0 Å². The number of hydrogen-bond donors (Lipinski definition) is 2. The van der Waals surface area contributed by atoms with Gasteiger partial charge in [0.25, 0.3) is 5.91 Å². The summed E-state index contributed by atoms with van der Waals surface area (Å²) in [5, 5.41) is 7.79. The molecule has 0 radical (unpaired) electrons. The van der Waals surface area contributed by atoms with Gasteiger partial charge in [0.1, 0.15) is 11.5 Å². The Morgan fingerprint density at radius 1 is 1.06 bits per heavy atom. The van der Waals surface area contributed by atoms with Crippen LogP contribution in [0.2, 0.25) is 0 Å². The Balaban J connectivity index is 1.74. The summed E-state index contributed by atoms with van der Waals surface area (Å²) in [6.07, 6.45) is -3.56. The van der Waals surface area contributed by atoms with Gasteiger partial charge in [-0.1, -0.05) is 19.1 Å². The highest BCUT2D eigenvalue weighted by molar-refractivity contribution is 6.00. The Morgan fingerprint density at radius 3 is 2.48 bits per heavy atom. The maximum absolute atomic E-state index is 12.7. The van der Waals surface area contributed by atoms with Crippen molar-refractivity contribution in [1.29, 1.82) is 0 Å². The van der Waals surface area contributed by atoms with E-state index in [0.717, 1.165) is 42.4 Å². The molecule has 1 unspecified atom stereocenters. The number of carbonyl (C=O) groups is 1. The van der Waals surface area contributed by atoms with Crippen LogP contribution in [0.3, 0.4) is 0 Å². The number of halogens is 3. The third kappa shape index (κ3) is 5.98. The van der Waals surface area contributed by atoms with Gasteiger partial charge in [0.05, 0.1) is 5.56 Å². The average Bonchev–Trinajstić information content (AvgIpc) is 2.73. The lowest BCUT2D eigenvalue weighted by atomic mass is 10.1. The maximum Gasteiger partial charge on any atom is 0.416 e. The molecule has 0 aromatic heterocycles. The first-order valence-electron chi connectivity index (χ1n) is 10.2. The van der Waals surface area contributed by atoms with Crippen LogP contribution >= 0.6 is 0 Å². The molecule has 7 heteroatoms. The standard InChI is InChI=1S/C24H25F3N2O2/c1-3-28-14-13-16(2)29-23(30)18-7-12-21-17(15-18)5-4-6-22(21)31-20-10-8-19(9-11-20)24(25,26)27/h4-12,15-16,28H,3,13-14H2,1-2H3,(H,29,30). The van der Waals surface area contributed by atoms with E-state index in [1.54, 1.807) is 30.3 Å². The van der Waals surface area contributed by atoms with Crippen LogP contribution in [-0.4, -0.2) is 25.0 Å². The molecule has 0 aliphatic carbocycles. The summed E-state index contributed by atoms with van der Waals surface area (Å²) in [6, 6.07) is 15.3. The second-order valence-electron chi connectivity index (χ2n) is 7.33. The van der Waals surface area contributed by atoms with Gasteiger partial charge in [0.15, 0.2) is 0 Å². The van der Waals surface area contributed by atoms with E-state index in [1.807, 2.05) is 19.9 Å². The van der Waals surface area contributed by atoms with Crippen LogP contribution in [0.5, 0.6) is 11.5 Å². The number of alkyl halides is 3. The molecule has 3 aromatic rings. The molecule has 3 aromatic carbocycles. The first kappa shape index (κ1) is 22.6. The van der Waals surface area contributed by atoms with Gasteiger partial charge in [0.2, 0.25) is 0 Å². The first-order valence-corrected chi connectivity index (χ1v) is 10.2. The van der Waals surface area contributed by atoms with E-state index in [1.165, 1.54) is 12.1 Å². The Bertz CT molecular complexity index is 1030. The molecule has 0 spiro atoms. The summed E-state index contributed by atoms with van der Waals surface area (Å²) in [7, 11) is 0. The summed E-state index contributed by atoms with van der Waals surface area (Å²) < 4.78 is 44.0. The molecule has 31 heavy (non-hydrogen) atoms. The molecule has 0 heterocycles. The fraction of sp³-hybridized carbons (Fsp3) is 0.292. The molecule has 0 fully saturated rings. The van der Waals surface area contributed by atoms with E-state index in [-0.39, 0.29) is 11.9 Å². The van der Waals surface area contributed by atoms with Gasteiger partial charge in [-0.2, -0.15) is 13.2 Å². The fourth-order valence-electron chi connectivity index (χ4n) is 3.20. The van der Waals surface area contributed by atoms with E-state index in [4.69, 9.17) is 4.74 Å². The van der Waals surface area contributed by atoms with Gasteiger partial charge in [-0.15, -0.1) is 0 Å². The predicted octanol–water partition coefficient (Wildman–Crippen LogP) is 5.77. The molecule has 1 amide bonds. The van der Waals surface area contributed by atoms with Crippen LogP contribution in [0.25, 0.3) is 10.8 Å². The molecule has 4 nitrogen and oxygen atoms in total. The largest absolute Gasteiger partial charge is 0.457 e. The number of fused-ring (bicyclic) bond motifs is 1. The Labute approximate surface area is 179 Å². The highest BCUT2D eigenvalue weighted by atomic mass is 19.4. The summed E-state index contributed by atoms with van der Waals surface area (Å²) in [5.74, 6) is 0.653. The molecular formula is C24H25F3N2O2. The average molecular weight is 430 g/mol. The Hall–Kier alpha value is -3.06. The Kier molecular flexibility index (Phi) is 7.17. The molecule has 1 atom stereocenters. The van der Waals surface area contributed by atoms with E-state index in [2.05, 4.69) is 10.6 Å². The van der Waals surface area contributed by atoms with Crippen LogP contribution in [0, 0.1) is 0 Å². The zero-order chi connectivity index (χ0) is 22.4. The lowest BCUT2D eigenvalue weighted by molar-refractivity contribution is -0.137. The highest BCUT2D eigenvalue weighted by Crippen LogP contribution is 2.33. The minimum absolute atomic E-state index is 0.0385. The van der Waals surface area contributed by atoms with Crippen LogP contribution in [-0.2, 0) is 6.18 Å². The number of nitrogens with one attached hydrogen (secondary N) is 2. The lowest BCUT2D eigenvalue weighted by Gasteiger charge is -2.15. The van der Waals surface area contributed by atoms with E-state index < -0.39 is 11.7 Å². The summed E-state index contributed by atoms with van der Waals surface area (Å²) >= 11 is 0. The Morgan fingerprint density at radius 2 is 1.81 bits per heavy atom. The van der Waals surface area contributed by atoms with Crippen molar-refractivity contribution in [3.05, 3.63) is 71.8 Å². The van der Waals surface area contributed by atoms with Gasteiger partial charge >= 0.3 is 6.18 Å². The van der Waals surface area contributed by atoms with Crippen molar-refractivity contribution in [1.82, 2.24) is 10.6 Å². The lowest BCUT2D eigenvalue weighted by Crippen LogP contribution is -2.34. The molecule has 0 bridgehead atoms. The van der Waals surface area contributed by atoms with Crippen molar-refractivity contribution in [2.75, 3.05) is 13.1 Å². The molecule has 164 valence electrons. The minimum atomic E-state index is -4.39. The smallest absolute Gasteiger partial charge is 0.416 e. The molecule has 0 aliphatic heterocycles. The quantitative estimate of drug-likeness (QED) is 0.446. The number of carbonyl (C=O) groups excluding carboxylic acids is 1. The SMILES string of the molecule is CCNCCC(C)NC(=O)c1ccc2c(Oc3ccc(C(F)(F)F)cc3)cccc2c1. The zero-order valence-electron chi connectivity index (χ0n) is 17.4. The molecule has 0 saturated carbocycles. The van der Waals surface area contributed by atoms with Gasteiger partial charge in [-0.25, -0.2) is 0 Å². The predicted molar refractivity (Wildman–Crippen MR) is 116 cm³/mol.